The number of aromatic nitrogens is 4. The van der Waals surface area contributed by atoms with Crippen LogP contribution in [0.1, 0.15) is 0 Å². The van der Waals surface area contributed by atoms with E-state index in [-0.39, 0.29) is 0 Å². The van der Waals surface area contributed by atoms with Gasteiger partial charge in [0.05, 0.1) is 11.0 Å². The molecule has 5 nitrogen and oxygen atoms in total. The first-order valence-electron chi connectivity index (χ1n) is 24.2. The van der Waals surface area contributed by atoms with Gasteiger partial charge in [-0.15, -0.1) is 22.7 Å². The molecule has 0 amide bonds. The fourth-order valence-electron chi connectivity index (χ4n) is 11.4. The summed E-state index contributed by atoms with van der Waals surface area (Å²) in [6, 6.07) is 78.6. The Bertz CT molecular complexity index is 4830. The minimum absolute atomic E-state index is 0.598. The molecule has 0 fully saturated rings. The van der Waals surface area contributed by atoms with Gasteiger partial charge in [0.1, 0.15) is 11.2 Å². The molecule has 0 unspecified atom stereocenters. The smallest absolute Gasteiger partial charge is 0.164 e. The largest absolute Gasteiger partial charge is 0.456 e. The lowest BCUT2D eigenvalue weighted by atomic mass is 9.96. The average molecular weight is 953 g/mol. The average Bonchev–Trinajstić information content (AvgIpc) is 4.21. The molecular weight excluding hydrogens is 917 g/mol. The zero-order valence-electron chi connectivity index (χ0n) is 38.3. The van der Waals surface area contributed by atoms with Crippen LogP contribution in [-0.2, 0) is 0 Å². The van der Waals surface area contributed by atoms with Crippen LogP contribution in [0, 0.1) is 0 Å². The van der Waals surface area contributed by atoms with Crippen LogP contribution in [0.2, 0.25) is 0 Å². The van der Waals surface area contributed by atoms with E-state index in [0.29, 0.717) is 17.5 Å². The lowest BCUT2D eigenvalue weighted by molar-refractivity contribution is 0.669. The molecule has 0 aliphatic rings. The van der Waals surface area contributed by atoms with Gasteiger partial charge in [0.25, 0.3) is 0 Å². The molecule has 0 atom stereocenters. The summed E-state index contributed by atoms with van der Waals surface area (Å²) in [6.07, 6.45) is 0. The summed E-state index contributed by atoms with van der Waals surface area (Å²) in [5.74, 6) is 1.86. The molecule has 72 heavy (non-hydrogen) atoms. The molecule has 0 saturated carbocycles. The Morgan fingerprint density at radius 2 is 0.889 bits per heavy atom. The predicted octanol–water partition coefficient (Wildman–Crippen LogP) is 18.6. The minimum atomic E-state index is 0.598. The summed E-state index contributed by atoms with van der Waals surface area (Å²) < 4.78 is 13.7. The monoisotopic (exact) mass is 952 g/mol. The third-order valence-corrected chi connectivity index (χ3v) is 16.9. The maximum atomic E-state index is 6.42. The molecule has 0 aliphatic carbocycles. The van der Waals surface area contributed by atoms with E-state index in [9.17, 15) is 0 Å². The number of para-hydroxylation sites is 1. The Kier molecular flexibility index (Phi) is 8.43. The third-order valence-electron chi connectivity index (χ3n) is 14.6. The summed E-state index contributed by atoms with van der Waals surface area (Å²) >= 11 is 3.60. The van der Waals surface area contributed by atoms with Gasteiger partial charge in [-0.2, -0.15) is 0 Å². The lowest BCUT2D eigenvalue weighted by Gasteiger charge is -2.16. The molecule has 5 heterocycles. The van der Waals surface area contributed by atoms with Crippen molar-refractivity contribution in [1.29, 1.82) is 0 Å². The number of fused-ring (bicyclic) bond motifs is 15. The number of hydrogen-bond donors (Lipinski definition) is 0. The quantitative estimate of drug-likeness (QED) is 0.172. The van der Waals surface area contributed by atoms with Crippen molar-refractivity contribution in [3.63, 3.8) is 0 Å². The minimum Gasteiger partial charge on any atom is -0.456 e. The SMILES string of the molecule is c1ccc2cc3c(cc2c1)c1c2ccccc2ccc1n3-c1ccc(-c2nc(-c3cccc4sc5ccccc5c34)nc(-c3cccc4sc5ccccc5c34)n2)c(-c2ccc3oc4ccccc4c3c2)c1. The second kappa shape index (κ2) is 15.2. The number of nitrogens with zero attached hydrogens (tertiary/aromatic N) is 4. The maximum Gasteiger partial charge on any atom is 0.164 e. The second-order valence-electron chi connectivity index (χ2n) is 18.6. The van der Waals surface area contributed by atoms with E-state index in [4.69, 9.17) is 19.4 Å². The van der Waals surface area contributed by atoms with Crippen LogP contribution in [-0.4, -0.2) is 19.5 Å². The molecule has 0 spiro atoms. The first-order chi connectivity index (χ1) is 35.7. The van der Waals surface area contributed by atoms with E-state index in [2.05, 4.69) is 211 Å². The van der Waals surface area contributed by atoms with Crippen LogP contribution in [0.3, 0.4) is 0 Å². The van der Waals surface area contributed by atoms with E-state index in [0.717, 1.165) is 77.2 Å². The van der Waals surface area contributed by atoms with E-state index < -0.39 is 0 Å². The Labute approximate surface area is 419 Å². The Balaban J connectivity index is 1.01. The lowest BCUT2D eigenvalue weighted by Crippen LogP contribution is -2.02. The number of benzene rings is 11. The molecule has 0 N–H and O–H groups in total. The summed E-state index contributed by atoms with van der Waals surface area (Å²) in [7, 11) is 0. The highest BCUT2D eigenvalue weighted by Crippen LogP contribution is 2.45. The number of hydrogen-bond acceptors (Lipinski definition) is 6. The summed E-state index contributed by atoms with van der Waals surface area (Å²) in [5, 5.41) is 14.1. The first-order valence-corrected chi connectivity index (χ1v) is 25.8. The van der Waals surface area contributed by atoms with Gasteiger partial charge in [-0.3, -0.25) is 0 Å². The fourth-order valence-corrected chi connectivity index (χ4v) is 13.7. The zero-order valence-corrected chi connectivity index (χ0v) is 39.9. The van der Waals surface area contributed by atoms with Crippen LogP contribution in [0.15, 0.2) is 223 Å². The highest BCUT2D eigenvalue weighted by Gasteiger charge is 2.23. The van der Waals surface area contributed by atoms with Crippen LogP contribution in [0.4, 0.5) is 0 Å². The van der Waals surface area contributed by atoms with Crippen molar-refractivity contribution in [3.8, 4) is 51.0 Å². The van der Waals surface area contributed by atoms with Crippen molar-refractivity contribution in [2.45, 2.75) is 0 Å². The molecule has 16 aromatic rings. The van der Waals surface area contributed by atoms with Crippen molar-refractivity contribution in [2.24, 2.45) is 0 Å². The summed E-state index contributed by atoms with van der Waals surface area (Å²) in [4.78, 5) is 16.6. The van der Waals surface area contributed by atoms with Crippen molar-refractivity contribution in [2.75, 3.05) is 0 Å². The first kappa shape index (κ1) is 39.8. The highest BCUT2D eigenvalue weighted by molar-refractivity contribution is 7.26. The van der Waals surface area contributed by atoms with E-state index in [1.807, 2.05) is 12.1 Å². The van der Waals surface area contributed by atoms with Crippen molar-refractivity contribution in [3.05, 3.63) is 218 Å². The fraction of sp³-hybridized carbons (Fsp3) is 0. The molecule has 334 valence electrons. The van der Waals surface area contributed by atoms with Crippen molar-refractivity contribution >= 4 is 128 Å². The highest BCUT2D eigenvalue weighted by atomic mass is 32.1. The van der Waals surface area contributed by atoms with Gasteiger partial charge < -0.3 is 8.98 Å². The van der Waals surface area contributed by atoms with Gasteiger partial charge in [0, 0.05) is 84.3 Å². The molecule has 0 radical (unpaired) electrons. The molecule has 0 bridgehead atoms. The number of thiophene rings is 2. The Morgan fingerprint density at radius 3 is 1.60 bits per heavy atom. The van der Waals surface area contributed by atoms with E-state index >= 15 is 0 Å². The van der Waals surface area contributed by atoms with Gasteiger partial charge in [-0.05, 0) is 112 Å². The van der Waals surface area contributed by atoms with Crippen molar-refractivity contribution in [1.82, 2.24) is 19.5 Å². The van der Waals surface area contributed by atoms with E-state index in [1.54, 1.807) is 22.7 Å². The normalized spacial score (nSPS) is 12.2. The summed E-state index contributed by atoms with van der Waals surface area (Å²) in [6.45, 7) is 0. The van der Waals surface area contributed by atoms with Crippen LogP contribution in [0.5, 0.6) is 0 Å². The van der Waals surface area contributed by atoms with Gasteiger partial charge >= 0.3 is 0 Å². The van der Waals surface area contributed by atoms with Gasteiger partial charge in [-0.1, -0.05) is 140 Å². The standard InChI is InChI=1S/C65H36N4OS2/c1-2-15-39-35-53-51(33-38(39)14-1)60-42-16-4-3-13-37(42)27-31-52(60)69(53)41-29-30-44(49(36-41)40-28-32-55-50(34-40)43-17-5-8-22-54(43)70-55)63-66-64(47-20-11-25-58-61(47)45-18-6-9-23-56(45)71-58)68-65(67-63)48-21-12-26-59-62(48)46-19-7-10-24-57(46)72-59/h1-36H. The van der Waals surface area contributed by atoms with Crippen LogP contribution >= 0.6 is 22.7 Å². The molecule has 0 aliphatic heterocycles. The third kappa shape index (κ3) is 5.89. The molecule has 7 heteroatoms. The van der Waals surface area contributed by atoms with E-state index in [1.165, 1.54) is 61.9 Å². The van der Waals surface area contributed by atoms with Crippen molar-refractivity contribution < 1.29 is 4.42 Å². The Hall–Kier alpha value is -9.01. The van der Waals surface area contributed by atoms with Gasteiger partial charge in [0.15, 0.2) is 17.5 Å². The molecule has 16 rings (SSSR count). The van der Waals surface area contributed by atoms with Gasteiger partial charge in [-0.25, -0.2) is 15.0 Å². The molecular formula is C65H36N4OS2. The summed E-state index contributed by atoms with van der Waals surface area (Å²) in [5.41, 5.74) is 9.92. The number of furan rings is 1. The predicted molar refractivity (Wildman–Crippen MR) is 304 cm³/mol. The second-order valence-corrected chi connectivity index (χ2v) is 20.8. The number of rotatable bonds is 5. The molecule has 5 aromatic heterocycles. The zero-order chi connectivity index (χ0) is 47.0. The Morgan fingerprint density at radius 1 is 0.319 bits per heavy atom. The maximum absolute atomic E-state index is 6.42. The van der Waals surface area contributed by atoms with Crippen LogP contribution < -0.4 is 0 Å². The van der Waals surface area contributed by atoms with Crippen LogP contribution in [0.25, 0.3) is 157 Å². The van der Waals surface area contributed by atoms with Gasteiger partial charge in [0.2, 0.25) is 0 Å². The molecule has 11 aromatic carbocycles. The molecule has 0 saturated heterocycles. The topological polar surface area (TPSA) is 56.7 Å².